The molecule has 0 spiro atoms. The number of nitrogens with zero attached hydrogens (tertiary/aromatic N) is 8. The number of halogens is 1. The normalized spacial score (nSPS) is 16.5. The van der Waals surface area contributed by atoms with Gasteiger partial charge in [-0.15, -0.1) is 0 Å². The first-order valence-electron chi connectivity index (χ1n) is 21.2. The van der Waals surface area contributed by atoms with Gasteiger partial charge in [0.25, 0.3) is 0 Å². The predicted molar refractivity (Wildman–Crippen MR) is 253 cm³/mol. The van der Waals surface area contributed by atoms with Crippen LogP contribution in [0.5, 0.6) is 0 Å². The summed E-state index contributed by atoms with van der Waals surface area (Å²) in [6, 6.07) is 37.8. The summed E-state index contributed by atoms with van der Waals surface area (Å²) in [4.78, 5) is 13.9. The monoisotopic (exact) mass is 886 g/mol. The van der Waals surface area contributed by atoms with Crippen LogP contribution in [-0.4, -0.2) is 71.7 Å². The second-order valence-electron chi connectivity index (χ2n) is 17.7. The van der Waals surface area contributed by atoms with Crippen molar-refractivity contribution in [1.29, 1.82) is 0 Å². The molecule has 0 unspecified atom stereocenters. The SMILES string of the molecule is CN1Cc2cccc(Br)c2C1.Cc1cccc(-n2ncc3ccc(-c4cccc5c4CN(C)C5)cc32)n1.Cc1cccc(-n2ncc3ccc(B4OC(C)(C)C(C)(C)O4)cc32)n1. The summed E-state index contributed by atoms with van der Waals surface area (Å²) in [7, 11) is 3.93. The highest BCUT2D eigenvalue weighted by molar-refractivity contribution is 9.10. The van der Waals surface area contributed by atoms with Crippen molar-refractivity contribution in [2.45, 2.75) is 78.9 Å². The molecular weight excluding hydrogens is 835 g/mol. The van der Waals surface area contributed by atoms with Crippen molar-refractivity contribution < 1.29 is 9.31 Å². The minimum Gasteiger partial charge on any atom is -0.399 e. The molecule has 12 heteroatoms. The maximum Gasteiger partial charge on any atom is 0.494 e. The van der Waals surface area contributed by atoms with E-state index in [9.17, 15) is 0 Å². The van der Waals surface area contributed by atoms with Crippen LogP contribution in [0.4, 0.5) is 0 Å². The highest BCUT2D eigenvalue weighted by Gasteiger charge is 2.51. The van der Waals surface area contributed by atoms with Crippen molar-refractivity contribution in [3.05, 3.63) is 160 Å². The third kappa shape index (κ3) is 8.25. The first kappa shape index (κ1) is 41.8. The Bertz CT molecular complexity index is 2930. The molecular formula is C50H52BBrN8O2. The molecule has 10 nitrogen and oxygen atoms in total. The van der Waals surface area contributed by atoms with E-state index in [0.29, 0.717) is 0 Å². The maximum absolute atomic E-state index is 6.17. The molecule has 3 aliphatic rings. The fourth-order valence-corrected chi connectivity index (χ4v) is 8.94. The van der Waals surface area contributed by atoms with Gasteiger partial charge < -0.3 is 9.31 Å². The summed E-state index contributed by atoms with van der Waals surface area (Å²) >= 11 is 3.55. The lowest BCUT2D eigenvalue weighted by molar-refractivity contribution is 0.00578. The lowest BCUT2D eigenvalue weighted by Crippen LogP contribution is -2.41. The first-order chi connectivity index (χ1) is 29.7. The summed E-state index contributed by atoms with van der Waals surface area (Å²) in [5.74, 6) is 1.66. The number of aryl methyl sites for hydroxylation is 2. The van der Waals surface area contributed by atoms with E-state index < -0.39 is 0 Å². The quantitative estimate of drug-likeness (QED) is 0.162. The van der Waals surface area contributed by atoms with Gasteiger partial charge in [-0.05, 0) is 137 Å². The molecule has 7 heterocycles. The molecule has 314 valence electrons. The Hall–Kier alpha value is -5.50. The number of hydrogen-bond donors (Lipinski definition) is 0. The van der Waals surface area contributed by atoms with E-state index >= 15 is 0 Å². The topological polar surface area (TPSA) is 86.4 Å². The molecule has 0 N–H and O–H groups in total. The van der Waals surface area contributed by atoms with Crippen molar-refractivity contribution in [1.82, 2.24) is 39.3 Å². The molecule has 3 aliphatic heterocycles. The van der Waals surface area contributed by atoms with Gasteiger partial charge in [0, 0.05) is 52.8 Å². The summed E-state index contributed by atoms with van der Waals surface area (Å²) in [5.41, 5.74) is 12.6. The van der Waals surface area contributed by atoms with E-state index in [1.165, 1.54) is 37.9 Å². The van der Waals surface area contributed by atoms with Gasteiger partial charge >= 0.3 is 7.12 Å². The van der Waals surface area contributed by atoms with Crippen molar-refractivity contribution in [3.8, 4) is 22.8 Å². The van der Waals surface area contributed by atoms with Crippen LogP contribution in [0.25, 0.3) is 44.6 Å². The van der Waals surface area contributed by atoms with Gasteiger partial charge in [-0.25, -0.2) is 19.3 Å². The van der Waals surface area contributed by atoms with Crippen LogP contribution >= 0.6 is 15.9 Å². The van der Waals surface area contributed by atoms with Crippen molar-refractivity contribution >= 4 is 50.3 Å². The number of aromatic nitrogens is 6. The number of pyridine rings is 2. The van der Waals surface area contributed by atoms with Gasteiger partial charge in [0.15, 0.2) is 11.6 Å². The Morgan fingerprint density at radius 3 is 1.68 bits per heavy atom. The van der Waals surface area contributed by atoms with Gasteiger partial charge in [0.1, 0.15) is 0 Å². The van der Waals surface area contributed by atoms with Gasteiger partial charge in [-0.1, -0.05) is 82.7 Å². The van der Waals surface area contributed by atoms with Crippen LogP contribution in [-0.2, 0) is 35.5 Å². The van der Waals surface area contributed by atoms with E-state index in [1.807, 2.05) is 78.1 Å². The molecule has 8 aromatic rings. The molecule has 0 amide bonds. The van der Waals surface area contributed by atoms with E-state index in [1.54, 1.807) is 0 Å². The zero-order chi connectivity index (χ0) is 43.3. The van der Waals surface area contributed by atoms with Crippen LogP contribution < -0.4 is 5.46 Å². The van der Waals surface area contributed by atoms with Crippen molar-refractivity contribution in [3.63, 3.8) is 0 Å². The second kappa shape index (κ2) is 16.7. The predicted octanol–water partition coefficient (Wildman–Crippen LogP) is 9.76. The van der Waals surface area contributed by atoms with Crippen molar-refractivity contribution in [2.75, 3.05) is 14.1 Å². The van der Waals surface area contributed by atoms with Gasteiger partial charge in [0.2, 0.25) is 0 Å². The molecule has 1 saturated heterocycles. The molecule has 4 aromatic carbocycles. The number of rotatable bonds is 4. The molecule has 4 aromatic heterocycles. The molecule has 0 bridgehead atoms. The van der Waals surface area contributed by atoms with E-state index in [0.717, 1.165) is 76.5 Å². The van der Waals surface area contributed by atoms with Crippen molar-refractivity contribution in [2.24, 2.45) is 0 Å². The average Bonchev–Trinajstić information content (AvgIpc) is 4.07. The van der Waals surface area contributed by atoms with Gasteiger partial charge in [-0.2, -0.15) is 10.2 Å². The van der Waals surface area contributed by atoms with Crippen LogP contribution in [0.15, 0.2) is 126 Å². The largest absolute Gasteiger partial charge is 0.494 e. The molecule has 0 atom stereocenters. The molecule has 0 saturated carbocycles. The summed E-state index contributed by atoms with van der Waals surface area (Å²) in [5, 5.41) is 11.3. The third-order valence-electron chi connectivity index (χ3n) is 12.4. The lowest BCUT2D eigenvalue weighted by Gasteiger charge is -2.32. The van der Waals surface area contributed by atoms with Crippen LogP contribution in [0.3, 0.4) is 0 Å². The van der Waals surface area contributed by atoms with Crippen LogP contribution in [0, 0.1) is 13.8 Å². The lowest BCUT2D eigenvalue weighted by atomic mass is 9.79. The highest BCUT2D eigenvalue weighted by Crippen LogP contribution is 2.37. The van der Waals surface area contributed by atoms with E-state index in [4.69, 9.17) is 9.31 Å². The number of hydrogen-bond acceptors (Lipinski definition) is 8. The second-order valence-corrected chi connectivity index (χ2v) is 18.6. The van der Waals surface area contributed by atoms with E-state index in [-0.39, 0.29) is 18.3 Å². The van der Waals surface area contributed by atoms with Crippen LogP contribution in [0.1, 0.15) is 61.3 Å². The fourth-order valence-electron chi connectivity index (χ4n) is 8.41. The fraction of sp³-hybridized carbons (Fsp3) is 0.280. The van der Waals surface area contributed by atoms with E-state index in [2.05, 4.69) is 154 Å². The molecule has 1 fully saturated rings. The number of benzene rings is 4. The van der Waals surface area contributed by atoms with Gasteiger partial charge in [0.05, 0.1) is 34.6 Å². The summed E-state index contributed by atoms with van der Waals surface area (Å²) in [6.07, 6.45) is 3.76. The highest BCUT2D eigenvalue weighted by atomic mass is 79.9. The Labute approximate surface area is 372 Å². The number of fused-ring (bicyclic) bond motifs is 4. The standard InChI is InChI=1S/C22H20N4.C19H22BN3O2.C9H10BrN/c1-15-5-3-8-22(24-15)26-21-11-16(9-10-17(21)12-23-26)19-7-4-6-18-13-25(2)14-20(18)19;1-13-7-6-8-17(22-13)23-16-11-15(10-9-14(16)12-21-23)20-24-18(2,3)19(4,5)25-20;1-11-5-7-3-2-4-9(10)8(7)6-11/h3-12H,13-14H2,1-2H3;6-12H,1-5H3;2-4H,5-6H2,1H3. The minimum atomic E-state index is -0.386. The smallest absolute Gasteiger partial charge is 0.399 e. The zero-order valence-electron chi connectivity index (χ0n) is 36.7. The molecule has 0 aliphatic carbocycles. The van der Waals surface area contributed by atoms with Crippen LogP contribution in [0.2, 0.25) is 0 Å². The average molecular weight is 888 g/mol. The first-order valence-corrected chi connectivity index (χ1v) is 22.0. The third-order valence-corrected chi connectivity index (χ3v) is 13.2. The Morgan fingerprint density at radius 2 is 1.10 bits per heavy atom. The molecule has 0 radical (unpaired) electrons. The maximum atomic E-state index is 6.17. The Morgan fingerprint density at radius 1 is 0.581 bits per heavy atom. The van der Waals surface area contributed by atoms with Gasteiger partial charge in [-0.3, -0.25) is 9.80 Å². The minimum absolute atomic E-state index is 0.356. The Balaban J connectivity index is 0.000000128. The Kier molecular flexibility index (Phi) is 11.2. The molecule has 11 rings (SSSR count). The summed E-state index contributed by atoms with van der Waals surface area (Å²) < 4.78 is 17.4. The molecule has 62 heavy (non-hydrogen) atoms. The summed E-state index contributed by atoms with van der Waals surface area (Å²) in [6.45, 7) is 16.4. The zero-order valence-corrected chi connectivity index (χ0v) is 38.3.